The Labute approximate surface area is 484 Å². The van der Waals surface area contributed by atoms with Gasteiger partial charge in [-0.3, -0.25) is 34.8 Å². The predicted octanol–water partition coefficient (Wildman–Crippen LogP) is 11.2. The van der Waals surface area contributed by atoms with E-state index in [9.17, 15) is 4.79 Å². The van der Waals surface area contributed by atoms with E-state index in [1.54, 1.807) is 79.8 Å². The van der Waals surface area contributed by atoms with Gasteiger partial charge in [0.05, 0.1) is 51.9 Å². The summed E-state index contributed by atoms with van der Waals surface area (Å²) in [4.78, 5) is 50.8. The number of amides is 1. The first-order chi connectivity index (χ1) is 41.1. The number of hydrogen-bond acceptors (Lipinski definition) is 14. The Hall–Kier alpha value is -10.1. The summed E-state index contributed by atoms with van der Waals surface area (Å²) in [5.74, 6) is -1.67. The minimum Gasteiger partial charge on any atom is -0.384 e. The molecule has 85 heavy (non-hydrogen) atoms. The second-order valence-electron chi connectivity index (χ2n) is 21.3. The number of aromatic nitrogens is 12. The number of carbonyl (C=O) groups is 1. The molecule has 0 bridgehead atoms. The molecule has 430 valence electrons. The maximum absolute atomic E-state index is 16.6. The second kappa shape index (κ2) is 23.3. The Balaban J connectivity index is 0.833. The first kappa shape index (κ1) is 55.4. The zero-order valence-electron chi connectivity index (χ0n) is 47.2. The van der Waals surface area contributed by atoms with E-state index in [1.807, 2.05) is 50.1 Å². The van der Waals surface area contributed by atoms with Gasteiger partial charge in [0.1, 0.15) is 45.7 Å². The van der Waals surface area contributed by atoms with E-state index in [-0.39, 0.29) is 23.9 Å². The van der Waals surface area contributed by atoms with Crippen LogP contribution in [0.4, 0.5) is 34.6 Å². The molecule has 0 aliphatic heterocycles. The van der Waals surface area contributed by atoms with Gasteiger partial charge in [0, 0.05) is 138 Å². The van der Waals surface area contributed by atoms with Crippen LogP contribution in [-0.2, 0) is 11.3 Å². The third-order valence-electron chi connectivity index (χ3n) is 14.5. The molecular weight excluding hydrogens is 1090 g/mol. The average molecular weight is 1150 g/mol. The van der Waals surface area contributed by atoms with Crippen molar-refractivity contribution in [1.82, 2.24) is 70.2 Å². The van der Waals surface area contributed by atoms with Crippen molar-refractivity contribution in [3.63, 3.8) is 0 Å². The molecule has 8 heterocycles. The van der Waals surface area contributed by atoms with Gasteiger partial charge < -0.3 is 36.1 Å². The van der Waals surface area contributed by atoms with Gasteiger partial charge in [-0.15, -0.1) is 5.10 Å². The van der Waals surface area contributed by atoms with Crippen LogP contribution in [0.5, 0.6) is 0 Å². The molecule has 0 radical (unpaired) electrons. The van der Waals surface area contributed by atoms with Crippen LogP contribution in [0.25, 0.3) is 112 Å². The molecule has 0 spiro atoms. The van der Waals surface area contributed by atoms with Crippen LogP contribution in [0.2, 0.25) is 0 Å². The minimum atomic E-state index is -0.520. The van der Waals surface area contributed by atoms with E-state index in [0.717, 1.165) is 18.7 Å². The largest absolute Gasteiger partial charge is 0.384 e. The number of imidazole rings is 2. The van der Waals surface area contributed by atoms with E-state index in [0.29, 0.717) is 143 Å². The summed E-state index contributed by atoms with van der Waals surface area (Å²) in [7, 11) is 5.75. The van der Waals surface area contributed by atoms with Gasteiger partial charge in [-0.05, 0) is 99.0 Å². The number of likely N-dealkylation sites (N-methyl/N-ethyl adjacent to an activating group) is 2. The summed E-state index contributed by atoms with van der Waals surface area (Å²) in [5.41, 5.74) is 9.71. The fourth-order valence-electron chi connectivity index (χ4n) is 10.2. The Morgan fingerprint density at radius 3 is 1.85 bits per heavy atom. The van der Waals surface area contributed by atoms with Gasteiger partial charge in [-0.2, -0.15) is 9.89 Å². The third kappa shape index (κ3) is 11.4. The van der Waals surface area contributed by atoms with Crippen LogP contribution in [0.1, 0.15) is 26.3 Å². The minimum absolute atomic E-state index is 0.194. The van der Waals surface area contributed by atoms with Gasteiger partial charge in [0.15, 0.2) is 11.6 Å². The van der Waals surface area contributed by atoms with Gasteiger partial charge in [-0.1, -0.05) is 20.8 Å². The lowest BCUT2D eigenvalue weighted by molar-refractivity contribution is -0.118. The summed E-state index contributed by atoms with van der Waals surface area (Å²) in [6.07, 6.45) is 9.64. The molecule has 7 N–H and O–H groups in total. The number of carbonyl (C=O) groups excluding carboxylic acids is 1. The maximum Gasteiger partial charge on any atom is 0.226 e. The highest BCUT2D eigenvalue weighted by Gasteiger charge is 2.24. The van der Waals surface area contributed by atoms with Crippen LogP contribution in [0.3, 0.4) is 0 Å². The van der Waals surface area contributed by atoms with Crippen LogP contribution in [0.15, 0.2) is 122 Å². The number of nitrogens with zero attached hydrogens (tertiary/aromatic N) is 11. The van der Waals surface area contributed by atoms with Crippen LogP contribution in [-0.4, -0.2) is 125 Å². The molecule has 23 heteroatoms. The number of rotatable bonds is 20. The fraction of sp³-hybridized carbons (Fsp3) is 0.210. The van der Waals surface area contributed by atoms with Crippen molar-refractivity contribution in [2.75, 3.05) is 74.8 Å². The number of pyridine rings is 4. The zero-order valence-corrected chi connectivity index (χ0v) is 47.2. The molecule has 0 fully saturated rings. The first-order valence-corrected chi connectivity index (χ1v) is 27.6. The highest BCUT2D eigenvalue weighted by molar-refractivity contribution is 6.00. The van der Waals surface area contributed by atoms with E-state index in [4.69, 9.17) is 15.1 Å². The van der Waals surface area contributed by atoms with Crippen molar-refractivity contribution in [2.24, 2.45) is 5.92 Å². The average Bonchev–Trinajstić information content (AvgIpc) is 1.96. The van der Waals surface area contributed by atoms with Gasteiger partial charge in [-0.25, -0.2) is 27.5 Å². The van der Waals surface area contributed by atoms with Gasteiger partial charge in [0.25, 0.3) is 0 Å². The molecule has 0 atom stereocenters. The third-order valence-corrected chi connectivity index (χ3v) is 14.5. The number of fused-ring (bicyclic) bond motifs is 4. The van der Waals surface area contributed by atoms with E-state index in [1.165, 1.54) is 48.8 Å². The van der Waals surface area contributed by atoms with Crippen molar-refractivity contribution in [3.05, 3.63) is 151 Å². The molecule has 12 rings (SSSR count). The SMILES string of the molecule is CCNCc1cncc(-c2cc3c(-c4nc5c(-c6cc(F)cc(NCCN(C)C)c6)nccc5[nH]4)nn(N(C)CCNc4cc(F)cc(-c5nccc6[nH]c(-c7n[nH]c8cc(F)c(-c9cncc(NC(=O)C(C)C)c9)cc78)nc56)c4)c3cc2F)c1. The smallest absolute Gasteiger partial charge is 0.226 e. The monoisotopic (exact) mass is 1150 g/mol. The quantitative estimate of drug-likeness (QED) is 0.0353. The van der Waals surface area contributed by atoms with Crippen LogP contribution in [0, 0.1) is 29.2 Å². The highest BCUT2D eigenvalue weighted by Crippen LogP contribution is 2.38. The molecule has 19 nitrogen and oxygen atoms in total. The Morgan fingerprint density at radius 1 is 0.624 bits per heavy atom. The number of benzene rings is 4. The number of H-pyrrole nitrogens is 3. The Bertz CT molecular complexity index is 4490. The summed E-state index contributed by atoms with van der Waals surface area (Å²) in [6, 6.07) is 22.6. The van der Waals surface area contributed by atoms with E-state index >= 15 is 17.6 Å². The molecule has 4 aromatic carbocycles. The van der Waals surface area contributed by atoms with Crippen molar-refractivity contribution in [1.29, 1.82) is 0 Å². The molecule has 0 unspecified atom stereocenters. The molecule has 12 aromatic rings. The lowest BCUT2D eigenvalue weighted by Crippen LogP contribution is -2.35. The number of halogens is 4. The summed E-state index contributed by atoms with van der Waals surface area (Å²) in [5, 5.41) is 28.3. The van der Waals surface area contributed by atoms with Gasteiger partial charge in [0.2, 0.25) is 5.91 Å². The van der Waals surface area contributed by atoms with E-state index < -0.39 is 23.3 Å². The van der Waals surface area contributed by atoms with Crippen LogP contribution >= 0.6 is 0 Å². The molecule has 0 saturated heterocycles. The fourth-order valence-corrected chi connectivity index (χ4v) is 10.2. The standard InChI is InChI=1S/C62H58F4N18O/c1-7-67-28-34-16-37(30-68-29-34)45-25-47-53(27-49(45)66)84(81-57(47)61-76-51-9-11-73-55(59(51)78-61)35-17-39(63)22-41(19-35)70-12-14-82(4)5)83(6)15-13-71-42-20-36(18-40(64)23-42)54-58-50(8-10-72-54)75-60(77-58)56-46-24-44(48(65)26-52(46)79-80-56)38-21-43(32-69-31-38)74-62(85)33(2)3/h8-11,16-27,29-33,67,70-71H,7,12-15,28H2,1-6H3,(H,74,85)(H,75,77)(H,76,78)(H,79,80). The Morgan fingerprint density at radius 2 is 1.21 bits per heavy atom. The van der Waals surface area contributed by atoms with Crippen molar-refractivity contribution < 1.29 is 22.4 Å². The number of anilines is 3. The first-order valence-electron chi connectivity index (χ1n) is 27.6. The number of hydrogen-bond donors (Lipinski definition) is 7. The molecule has 1 amide bonds. The zero-order chi connectivity index (χ0) is 59.0. The lowest BCUT2D eigenvalue weighted by atomic mass is 10.0. The molecule has 0 aliphatic rings. The highest BCUT2D eigenvalue weighted by atomic mass is 19.1. The lowest BCUT2D eigenvalue weighted by Gasteiger charge is -2.21. The molecule has 0 aliphatic carbocycles. The number of aromatic amines is 3. The van der Waals surface area contributed by atoms with Gasteiger partial charge >= 0.3 is 0 Å². The Kier molecular flexibility index (Phi) is 15.2. The van der Waals surface area contributed by atoms with E-state index in [2.05, 4.69) is 61.4 Å². The number of nitrogens with one attached hydrogen (secondary N) is 7. The van der Waals surface area contributed by atoms with Crippen molar-refractivity contribution in [2.45, 2.75) is 27.3 Å². The molecular formula is C62H58F4N18O. The summed E-state index contributed by atoms with van der Waals surface area (Å²) in [6.45, 7) is 8.82. The predicted molar refractivity (Wildman–Crippen MR) is 324 cm³/mol. The summed E-state index contributed by atoms with van der Waals surface area (Å²) >= 11 is 0. The second-order valence-corrected chi connectivity index (χ2v) is 21.3. The molecule has 8 aromatic heterocycles. The molecule has 0 saturated carbocycles. The van der Waals surface area contributed by atoms with Crippen LogP contribution < -0.4 is 26.3 Å². The van der Waals surface area contributed by atoms with Crippen molar-refractivity contribution in [3.8, 4) is 67.8 Å². The topological polar surface area (TPSA) is 227 Å². The summed E-state index contributed by atoms with van der Waals surface area (Å²) < 4.78 is 63.3. The normalized spacial score (nSPS) is 11.8. The van der Waals surface area contributed by atoms with Crippen molar-refractivity contribution >= 4 is 66.8 Å². The maximum atomic E-state index is 16.6.